The number of hydrogen-bond acceptors (Lipinski definition) is 5. The maximum atomic E-state index is 12.7. The molecule has 1 unspecified atom stereocenters. The first-order valence-electron chi connectivity index (χ1n) is 11.7. The lowest BCUT2D eigenvalue weighted by Crippen LogP contribution is -2.47. The van der Waals surface area contributed by atoms with Gasteiger partial charge in [0.15, 0.2) is 0 Å². The first-order valence-corrected chi connectivity index (χ1v) is 13.3. The highest BCUT2D eigenvalue weighted by atomic mass is 32.2. The Labute approximate surface area is 197 Å². The zero-order valence-corrected chi connectivity index (χ0v) is 20.4. The highest BCUT2D eigenvalue weighted by Crippen LogP contribution is 2.23. The highest BCUT2D eigenvalue weighted by Gasteiger charge is 2.26. The average Bonchev–Trinajstić information content (AvgIpc) is 3.35. The van der Waals surface area contributed by atoms with E-state index in [1.807, 2.05) is 14.0 Å². The minimum Gasteiger partial charge on any atom is -0.372 e. The molecule has 0 saturated carbocycles. The van der Waals surface area contributed by atoms with Crippen molar-refractivity contribution in [3.05, 3.63) is 65.2 Å². The molecule has 2 aromatic carbocycles. The van der Waals surface area contributed by atoms with E-state index in [4.69, 9.17) is 0 Å². The molecule has 1 N–H and O–H groups in total. The van der Waals surface area contributed by atoms with Gasteiger partial charge in [-0.3, -0.25) is 4.79 Å². The van der Waals surface area contributed by atoms with Gasteiger partial charge in [-0.25, -0.2) is 8.42 Å². The molecule has 2 heterocycles. The summed E-state index contributed by atoms with van der Waals surface area (Å²) in [5, 5.41) is 3.04. The lowest BCUT2D eigenvalue weighted by atomic mass is 10.1. The number of amides is 1. The lowest BCUT2D eigenvalue weighted by Gasteiger charge is -2.31. The molecule has 0 spiro atoms. The molecule has 33 heavy (non-hydrogen) atoms. The zero-order chi connectivity index (χ0) is 23.4. The van der Waals surface area contributed by atoms with E-state index in [2.05, 4.69) is 39.4 Å². The van der Waals surface area contributed by atoms with Gasteiger partial charge in [0.1, 0.15) is 0 Å². The standard InChI is InChI=1S/C25H34N4O3S/c1-20(22-9-11-24(12-10-22)28-13-3-4-14-28)26-25(30)23-7-5-21(6-8-23)19-33(31,32)29-17-15-27(2)16-18-29/h5-12,20H,3-4,13-19H2,1-2H3,(H,26,30). The van der Waals surface area contributed by atoms with E-state index in [1.54, 1.807) is 28.6 Å². The fraction of sp³-hybridized carbons (Fsp3) is 0.480. The predicted molar refractivity (Wildman–Crippen MR) is 132 cm³/mol. The van der Waals surface area contributed by atoms with Crippen LogP contribution in [0.15, 0.2) is 48.5 Å². The van der Waals surface area contributed by atoms with E-state index >= 15 is 0 Å². The summed E-state index contributed by atoms with van der Waals surface area (Å²) in [6.45, 7) is 6.73. The second-order valence-corrected chi connectivity index (χ2v) is 11.1. The summed E-state index contributed by atoms with van der Waals surface area (Å²) in [6.07, 6.45) is 2.49. The van der Waals surface area contributed by atoms with Crippen molar-refractivity contribution in [1.29, 1.82) is 0 Å². The van der Waals surface area contributed by atoms with Gasteiger partial charge < -0.3 is 15.1 Å². The molecule has 1 atom stereocenters. The molecule has 0 radical (unpaired) electrons. The fourth-order valence-corrected chi connectivity index (χ4v) is 5.95. The lowest BCUT2D eigenvalue weighted by molar-refractivity contribution is 0.0940. The molecule has 0 bridgehead atoms. The highest BCUT2D eigenvalue weighted by molar-refractivity contribution is 7.88. The number of benzene rings is 2. The van der Waals surface area contributed by atoms with Crippen molar-refractivity contribution in [2.45, 2.75) is 31.6 Å². The summed E-state index contributed by atoms with van der Waals surface area (Å²) in [6, 6.07) is 15.1. The van der Waals surface area contributed by atoms with Gasteiger partial charge >= 0.3 is 0 Å². The van der Waals surface area contributed by atoms with Crippen molar-refractivity contribution in [3.8, 4) is 0 Å². The Morgan fingerprint density at radius 3 is 2.12 bits per heavy atom. The molecular formula is C25H34N4O3S. The molecule has 0 aromatic heterocycles. The number of nitrogens with one attached hydrogen (secondary N) is 1. The van der Waals surface area contributed by atoms with Crippen LogP contribution in [-0.4, -0.2) is 69.8 Å². The number of sulfonamides is 1. The van der Waals surface area contributed by atoms with Crippen LogP contribution < -0.4 is 10.2 Å². The number of likely N-dealkylation sites (N-methyl/N-ethyl adjacent to an activating group) is 1. The number of hydrogen-bond donors (Lipinski definition) is 1. The SMILES string of the molecule is CC(NC(=O)c1ccc(CS(=O)(=O)N2CCN(C)CC2)cc1)c1ccc(N2CCCC2)cc1. The summed E-state index contributed by atoms with van der Waals surface area (Å²) in [4.78, 5) is 17.2. The molecule has 1 amide bonds. The van der Waals surface area contributed by atoms with Crippen LogP contribution >= 0.6 is 0 Å². The van der Waals surface area contributed by atoms with Crippen LogP contribution in [0.3, 0.4) is 0 Å². The van der Waals surface area contributed by atoms with Gasteiger partial charge in [-0.1, -0.05) is 24.3 Å². The predicted octanol–water partition coefficient (Wildman–Crippen LogP) is 2.86. The number of anilines is 1. The van der Waals surface area contributed by atoms with Crippen LogP contribution in [0.5, 0.6) is 0 Å². The average molecular weight is 471 g/mol. The maximum absolute atomic E-state index is 12.7. The van der Waals surface area contributed by atoms with Crippen LogP contribution in [0, 0.1) is 0 Å². The van der Waals surface area contributed by atoms with E-state index in [0.29, 0.717) is 24.2 Å². The third-order valence-electron chi connectivity index (χ3n) is 6.63. The van der Waals surface area contributed by atoms with E-state index < -0.39 is 10.0 Å². The molecule has 2 saturated heterocycles. The Morgan fingerprint density at radius 2 is 1.52 bits per heavy atom. The number of carbonyl (C=O) groups is 1. The molecule has 2 aliphatic heterocycles. The Balaban J connectivity index is 1.33. The number of rotatable bonds is 7. The Hall–Kier alpha value is -2.42. The number of nitrogens with zero attached hydrogens (tertiary/aromatic N) is 3. The fourth-order valence-electron chi connectivity index (χ4n) is 4.43. The van der Waals surface area contributed by atoms with Crippen molar-refractivity contribution in [1.82, 2.24) is 14.5 Å². The van der Waals surface area contributed by atoms with E-state index in [9.17, 15) is 13.2 Å². The molecular weight excluding hydrogens is 436 g/mol. The molecule has 0 aliphatic carbocycles. The topological polar surface area (TPSA) is 73.0 Å². The van der Waals surface area contributed by atoms with Gasteiger partial charge in [-0.15, -0.1) is 0 Å². The van der Waals surface area contributed by atoms with Crippen molar-refractivity contribution < 1.29 is 13.2 Å². The van der Waals surface area contributed by atoms with Crippen molar-refractivity contribution in [2.75, 3.05) is 51.2 Å². The van der Waals surface area contributed by atoms with Gasteiger partial charge in [-0.2, -0.15) is 4.31 Å². The van der Waals surface area contributed by atoms with Crippen LogP contribution in [-0.2, 0) is 15.8 Å². The van der Waals surface area contributed by atoms with Gasteiger partial charge in [0.05, 0.1) is 11.8 Å². The van der Waals surface area contributed by atoms with Crippen LogP contribution in [0.25, 0.3) is 0 Å². The second kappa shape index (κ2) is 10.2. The monoisotopic (exact) mass is 470 g/mol. The zero-order valence-electron chi connectivity index (χ0n) is 19.5. The number of piperazine rings is 1. The van der Waals surface area contributed by atoms with Gasteiger partial charge in [0.2, 0.25) is 10.0 Å². The molecule has 8 heteroatoms. The summed E-state index contributed by atoms with van der Waals surface area (Å²) < 4.78 is 27.0. The minimum atomic E-state index is -3.36. The maximum Gasteiger partial charge on any atom is 0.251 e. The van der Waals surface area contributed by atoms with Gasteiger partial charge in [0.25, 0.3) is 5.91 Å². The smallest absolute Gasteiger partial charge is 0.251 e. The van der Waals surface area contributed by atoms with E-state index in [-0.39, 0.29) is 17.7 Å². The van der Waals surface area contributed by atoms with Crippen LogP contribution in [0.2, 0.25) is 0 Å². The quantitative estimate of drug-likeness (QED) is 0.674. The summed E-state index contributed by atoms with van der Waals surface area (Å²) in [5.74, 6) is -0.210. The normalized spacial score (nSPS) is 18.9. The third kappa shape index (κ3) is 5.93. The first-order chi connectivity index (χ1) is 15.8. The number of carbonyl (C=O) groups excluding carboxylic acids is 1. The van der Waals surface area contributed by atoms with Gasteiger partial charge in [0, 0.05) is 50.5 Å². The summed E-state index contributed by atoms with van der Waals surface area (Å²) in [7, 11) is -1.36. The Bertz CT molecular complexity index is 1040. The van der Waals surface area contributed by atoms with Crippen molar-refractivity contribution in [3.63, 3.8) is 0 Å². The molecule has 7 nitrogen and oxygen atoms in total. The Kier molecular flexibility index (Phi) is 7.36. The summed E-state index contributed by atoms with van der Waals surface area (Å²) >= 11 is 0. The van der Waals surface area contributed by atoms with Crippen LogP contribution in [0.1, 0.15) is 47.3 Å². The summed E-state index contributed by atoms with van der Waals surface area (Å²) in [5.41, 5.74) is 3.50. The minimum absolute atomic E-state index is 0.0433. The van der Waals surface area contributed by atoms with Crippen LogP contribution in [0.4, 0.5) is 5.69 Å². The first kappa shape index (κ1) is 23.7. The van der Waals surface area contributed by atoms with Crippen molar-refractivity contribution in [2.24, 2.45) is 0 Å². The van der Waals surface area contributed by atoms with E-state index in [0.717, 1.165) is 31.7 Å². The molecule has 2 fully saturated rings. The molecule has 178 valence electrons. The second-order valence-electron chi connectivity index (χ2n) is 9.14. The largest absolute Gasteiger partial charge is 0.372 e. The van der Waals surface area contributed by atoms with Crippen molar-refractivity contribution >= 4 is 21.6 Å². The molecule has 2 aromatic rings. The molecule has 2 aliphatic rings. The van der Waals surface area contributed by atoms with E-state index in [1.165, 1.54) is 18.5 Å². The molecule has 4 rings (SSSR count). The third-order valence-corrected chi connectivity index (χ3v) is 8.48. The van der Waals surface area contributed by atoms with Gasteiger partial charge in [-0.05, 0) is 62.2 Å². The Morgan fingerprint density at radius 1 is 0.909 bits per heavy atom.